The molecule has 0 radical (unpaired) electrons. The minimum Gasteiger partial charge on any atom is -0.450 e. The van der Waals surface area contributed by atoms with Crippen molar-refractivity contribution in [2.24, 2.45) is 0 Å². The van der Waals surface area contributed by atoms with Gasteiger partial charge in [-0.3, -0.25) is 4.79 Å². The van der Waals surface area contributed by atoms with Gasteiger partial charge in [-0.1, -0.05) is 0 Å². The van der Waals surface area contributed by atoms with E-state index in [1.807, 2.05) is 4.57 Å². The highest BCUT2D eigenvalue weighted by atomic mass is 32.1. The summed E-state index contributed by atoms with van der Waals surface area (Å²) in [6.07, 6.45) is 1.97. The minimum absolute atomic E-state index is 0.269. The summed E-state index contributed by atoms with van der Waals surface area (Å²) in [5.41, 5.74) is 1.36. The van der Waals surface area contributed by atoms with Gasteiger partial charge in [0.1, 0.15) is 16.9 Å². The van der Waals surface area contributed by atoms with E-state index < -0.39 is 0 Å². The molecule has 0 aliphatic carbocycles. The number of aromatic nitrogens is 3. The summed E-state index contributed by atoms with van der Waals surface area (Å²) in [5, 5.41) is 20.9. The zero-order valence-electron chi connectivity index (χ0n) is 14.8. The van der Waals surface area contributed by atoms with Crippen LogP contribution in [0.15, 0.2) is 0 Å². The molecule has 4 heterocycles. The Hall–Kier alpha value is -2.93. The first-order chi connectivity index (χ1) is 13.1. The van der Waals surface area contributed by atoms with Gasteiger partial charge in [-0.25, -0.2) is 4.79 Å². The van der Waals surface area contributed by atoms with Crippen LogP contribution in [0.1, 0.15) is 45.8 Å². The topological polar surface area (TPSA) is 113 Å². The number of nitrogens with zero attached hydrogens (tertiary/aromatic N) is 5. The van der Waals surface area contributed by atoms with E-state index in [-0.39, 0.29) is 17.8 Å². The van der Waals surface area contributed by atoms with Crippen LogP contribution in [0.25, 0.3) is 0 Å². The molecule has 0 fully saturated rings. The maximum absolute atomic E-state index is 12.7. The highest BCUT2D eigenvalue weighted by Gasteiger charge is 2.29. The van der Waals surface area contributed by atoms with Crippen molar-refractivity contribution in [3.63, 3.8) is 0 Å². The quantitative estimate of drug-likeness (QED) is 0.862. The summed E-state index contributed by atoms with van der Waals surface area (Å²) in [6, 6.07) is 2.19. The van der Waals surface area contributed by atoms with Gasteiger partial charge in [0.15, 0.2) is 0 Å². The van der Waals surface area contributed by atoms with Crippen molar-refractivity contribution < 1.29 is 14.3 Å². The van der Waals surface area contributed by atoms with Crippen LogP contribution in [0, 0.1) is 11.3 Å². The number of ether oxygens (including phenoxy) is 1. The maximum atomic E-state index is 12.7. The molecule has 0 saturated carbocycles. The maximum Gasteiger partial charge on any atom is 0.410 e. The van der Waals surface area contributed by atoms with Crippen LogP contribution in [0.3, 0.4) is 0 Å². The highest BCUT2D eigenvalue weighted by Crippen LogP contribution is 2.37. The summed E-state index contributed by atoms with van der Waals surface area (Å²) in [4.78, 5) is 27.1. The number of carbonyl (C=O) groups is 2. The van der Waals surface area contributed by atoms with Crippen LogP contribution in [-0.4, -0.2) is 44.8 Å². The largest absolute Gasteiger partial charge is 0.450 e. The Labute approximate surface area is 159 Å². The first-order valence-electron chi connectivity index (χ1n) is 8.82. The number of nitriles is 1. The average molecular weight is 386 g/mol. The second-order valence-electron chi connectivity index (χ2n) is 6.34. The molecule has 0 saturated heterocycles. The van der Waals surface area contributed by atoms with Crippen molar-refractivity contribution in [1.82, 2.24) is 19.7 Å². The van der Waals surface area contributed by atoms with Gasteiger partial charge < -0.3 is 19.5 Å². The summed E-state index contributed by atoms with van der Waals surface area (Å²) < 4.78 is 6.87. The van der Waals surface area contributed by atoms with E-state index in [0.29, 0.717) is 36.7 Å². The van der Waals surface area contributed by atoms with Crippen molar-refractivity contribution in [2.75, 3.05) is 18.5 Å². The molecule has 2 aliphatic rings. The molecule has 0 aromatic carbocycles. The van der Waals surface area contributed by atoms with Gasteiger partial charge in [-0.15, -0.1) is 21.5 Å². The molecule has 10 heteroatoms. The van der Waals surface area contributed by atoms with Gasteiger partial charge in [-0.2, -0.15) is 5.26 Å². The third kappa shape index (κ3) is 3.04. The molecule has 0 unspecified atom stereocenters. The van der Waals surface area contributed by atoms with Crippen molar-refractivity contribution >= 4 is 28.3 Å². The molecule has 2 aromatic rings. The van der Waals surface area contributed by atoms with Gasteiger partial charge in [-0.05, 0) is 25.3 Å². The summed E-state index contributed by atoms with van der Waals surface area (Å²) >= 11 is 1.32. The smallest absolute Gasteiger partial charge is 0.410 e. The number of amides is 2. The Kier molecular flexibility index (Phi) is 4.53. The lowest BCUT2D eigenvalue weighted by molar-refractivity contribution is 0.101. The van der Waals surface area contributed by atoms with Crippen molar-refractivity contribution in [2.45, 2.75) is 39.3 Å². The lowest BCUT2D eigenvalue weighted by Gasteiger charge is -2.25. The van der Waals surface area contributed by atoms with Crippen LogP contribution in [0.4, 0.5) is 9.80 Å². The second kappa shape index (κ2) is 7.00. The third-order valence-electron chi connectivity index (χ3n) is 4.73. The third-order valence-corrected chi connectivity index (χ3v) is 5.87. The molecule has 0 atom stereocenters. The second-order valence-corrected chi connectivity index (χ2v) is 7.44. The first-order valence-corrected chi connectivity index (χ1v) is 9.63. The lowest BCUT2D eigenvalue weighted by Crippen LogP contribution is -2.35. The number of carbonyl (C=O) groups excluding carboxylic acids is 2. The Morgan fingerprint density at radius 2 is 2.19 bits per heavy atom. The van der Waals surface area contributed by atoms with Crippen LogP contribution < -0.4 is 5.32 Å². The number of rotatable bonds is 3. The van der Waals surface area contributed by atoms with Crippen molar-refractivity contribution in [3.8, 4) is 6.07 Å². The van der Waals surface area contributed by atoms with Crippen LogP contribution in [0.5, 0.6) is 0 Å². The average Bonchev–Trinajstić information content (AvgIpc) is 3.34. The molecule has 1 N–H and O–H groups in total. The van der Waals surface area contributed by atoms with E-state index in [2.05, 4.69) is 21.6 Å². The molecule has 0 bridgehead atoms. The number of nitrogens with one attached hydrogen (secondary N) is 1. The normalized spacial score (nSPS) is 15.0. The number of anilines is 1. The molecular formula is C17H18N6O3S. The first kappa shape index (κ1) is 17.5. The van der Waals surface area contributed by atoms with Gasteiger partial charge in [0.2, 0.25) is 5.82 Å². The fourth-order valence-corrected chi connectivity index (χ4v) is 4.67. The zero-order valence-corrected chi connectivity index (χ0v) is 15.6. The highest BCUT2D eigenvalue weighted by molar-refractivity contribution is 7.16. The van der Waals surface area contributed by atoms with Gasteiger partial charge in [0.05, 0.1) is 18.7 Å². The van der Waals surface area contributed by atoms with E-state index >= 15 is 0 Å². The van der Waals surface area contributed by atoms with Gasteiger partial charge >= 0.3 is 6.09 Å². The number of aryl methyl sites for hydroxylation is 1. The monoisotopic (exact) mass is 386 g/mol. The molecule has 2 aromatic heterocycles. The number of hydrogen-bond donors (Lipinski definition) is 1. The van der Waals surface area contributed by atoms with E-state index in [1.165, 1.54) is 11.3 Å². The number of thiophene rings is 1. The molecule has 2 amide bonds. The number of fused-ring (bicyclic) bond motifs is 2. The Balaban J connectivity index is 1.57. The number of hydrogen-bond acceptors (Lipinski definition) is 7. The fraction of sp³-hybridized carbons (Fsp3) is 0.471. The van der Waals surface area contributed by atoms with Crippen LogP contribution in [0.2, 0.25) is 0 Å². The van der Waals surface area contributed by atoms with E-state index in [1.54, 1.807) is 11.8 Å². The standard InChI is InChI=1S/C17H18N6O3S/c1-2-26-17(25)22-7-5-10-11(8-18)16(27-12(10)9-22)19-15(24)14-21-20-13-4-3-6-23(13)14/h2-7,9H2,1H3,(H,19,24). The zero-order chi connectivity index (χ0) is 19.0. The van der Waals surface area contributed by atoms with Crippen molar-refractivity contribution in [3.05, 3.63) is 27.7 Å². The lowest BCUT2D eigenvalue weighted by atomic mass is 10.0. The van der Waals surface area contributed by atoms with Crippen LogP contribution >= 0.6 is 11.3 Å². The van der Waals surface area contributed by atoms with Gasteiger partial charge in [0.25, 0.3) is 5.91 Å². The molecule has 2 aliphatic heterocycles. The Bertz CT molecular complexity index is 957. The molecule has 4 rings (SSSR count). The summed E-state index contributed by atoms with van der Waals surface area (Å²) in [7, 11) is 0. The minimum atomic E-state index is -0.368. The Morgan fingerprint density at radius 1 is 1.33 bits per heavy atom. The fourth-order valence-electron chi connectivity index (χ4n) is 3.46. The SMILES string of the molecule is CCOC(=O)N1CCc2c(sc(NC(=O)c3nnc4n3CCC4)c2C#N)C1. The molecule has 9 nitrogen and oxygen atoms in total. The van der Waals surface area contributed by atoms with Crippen molar-refractivity contribution in [1.29, 1.82) is 5.26 Å². The van der Waals surface area contributed by atoms with E-state index in [4.69, 9.17) is 4.74 Å². The molecule has 27 heavy (non-hydrogen) atoms. The molecular weight excluding hydrogens is 368 g/mol. The predicted molar refractivity (Wildman–Crippen MR) is 96.5 cm³/mol. The van der Waals surface area contributed by atoms with E-state index in [9.17, 15) is 14.9 Å². The van der Waals surface area contributed by atoms with Crippen LogP contribution in [-0.2, 0) is 30.7 Å². The van der Waals surface area contributed by atoms with E-state index in [0.717, 1.165) is 35.7 Å². The molecule has 0 spiro atoms. The summed E-state index contributed by atoms with van der Waals surface area (Å²) in [6.45, 7) is 3.68. The Morgan fingerprint density at radius 3 is 2.96 bits per heavy atom. The molecule has 140 valence electrons. The van der Waals surface area contributed by atoms with Gasteiger partial charge in [0, 0.05) is 24.4 Å². The summed E-state index contributed by atoms with van der Waals surface area (Å²) in [5.74, 6) is 0.718. The predicted octanol–water partition coefficient (Wildman–Crippen LogP) is 1.92.